The van der Waals surface area contributed by atoms with E-state index in [9.17, 15) is 0 Å². The minimum absolute atomic E-state index is 0.508. The summed E-state index contributed by atoms with van der Waals surface area (Å²) in [5.41, 5.74) is 3.52. The Morgan fingerprint density at radius 1 is 1.18 bits per heavy atom. The average Bonchev–Trinajstić information content (AvgIpc) is 2.34. The molecular formula is C15H21NS. The molecule has 1 saturated carbocycles. The monoisotopic (exact) mass is 247 g/mol. The fraction of sp³-hybridized carbons (Fsp3) is 0.600. The quantitative estimate of drug-likeness (QED) is 0.800. The van der Waals surface area contributed by atoms with Gasteiger partial charge >= 0.3 is 0 Å². The second kappa shape index (κ2) is 4.56. The van der Waals surface area contributed by atoms with E-state index in [0.29, 0.717) is 5.41 Å². The van der Waals surface area contributed by atoms with Crippen molar-refractivity contribution in [1.82, 2.24) is 0 Å². The minimum atomic E-state index is 0.508. The molecule has 0 aromatic heterocycles. The lowest BCUT2D eigenvalue weighted by Gasteiger charge is -2.46. The Bertz CT molecular complexity index is 392. The summed E-state index contributed by atoms with van der Waals surface area (Å²) in [6.07, 6.45) is 6.70. The lowest BCUT2D eigenvalue weighted by atomic mass is 9.69. The van der Waals surface area contributed by atoms with Crippen LogP contribution in [-0.4, -0.2) is 18.8 Å². The summed E-state index contributed by atoms with van der Waals surface area (Å²) >= 11 is 4.58. The first-order chi connectivity index (χ1) is 8.33. The number of nitrogens with zero attached hydrogens (tertiary/aromatic N) is 1. The molecule has 0 saturated heterocycles. The van der Waals surface area contributed by atoms with Crippen LogP contribution in [-0.2, 0) is 6.42 Å². The number of aryl methyl sites for hydroxylation is 1. The van der Waals surface area contributed by atoms with E-state index in [1.54, 1.807) is 0 Å². The molecule has 3 rings (SSSR count). The summed E-state index contributed by atoms with van der Waals surface area (Å²) < 4.78 is 0. The van der Waals surface area contributed by atoms with Gasteiger partial charge in [-0.1, -0.05) is 24.6 Å². The third-order valence-electron chi connectivity index (χ3n) is 4.48. The number of benzene rings is 1. The summed E-state index contributed by atoms with van der Waals surface area (Å²) in [7, 11) is 0. The smallest absolute Gasteiger partial charge is 0.0398 e. The van der Waals surface area contributed by atoms with Gasteiger partial charge in [0.2, 0.25) is 0 Å². The van der Waals surface area contributed by atoms with Gasteiger partial charge in [0.15, 0.2) is 0 Å². The van der Waals surface area contributed by atoms with Crippen molar-refractivity contribution in [3.05, 3.63) is 29.8 Å². The van der Waals surface area contributed by atoms with E-state index in [-0.39, 0.29) is 0 Å². The summed E-state index contributed by atoms with van der Waals surface area (Å²) in [5.74, 6) is 1.05. The Balaban J connectivity index is 1.81. The number of fused-ring (bicyclic) bond motifs is 1. The highest BCUT2D eigenvalue weighted by molar-refractivity contribution is 7.80. The number of hydrogen-bond donors (Lipinski definition) is 1. The molecule has 2 aliphatic rings. The van der Waals surface area contributed by atoms with E-state index in [2.05, 4.69) is 41.8 Å². The second-order valence-corrected chi connectivity index (χ2v) is 5.98. The fourth-order valence-corrected chi connectivity index (χ4v) is 3.64. The van der Waals surface area contributed by atoms with Gasteiger partial charge in [-0.25, -0.2) is 0 Å². The maximum atomic E-state index is 4.58. The predicted octanol–water partition coefficient (Wildman–Crippen LogP) is 3.54. The van der Waals surface area contributed by atoms with Gasteiger partial charge in [0.05, 0.1) is 0 Å². The second-order valence-electron chi connectivity index (χ2n) is 5.67. The molecule has 1 heterocycles. The lowest BCUT2D eigenvalue weighted by Crippen LogP contribution is -2.45. The van der Waals surface area contributed by atoms with E-state index in [1.807, 2.05) is 0 Å². The number of anilines is 1. The predicted molar refractivity (Wildman–Crippen MR) is 77.1 cm³/mol. The van der Waals surface area contributed by atoms with E-state index >= 15 is 0 Å². The molecule has 1 aliphatic heterocycles. The highest BCUT2D eigenvalue weighted by Gasteiger charge is 2.37. The summed E-state index contributed by atoms with van der Waals surface area (Å²) in [6, 6.07) is 8.92. The Kier molecular flexibility index (Phi) is 3.08. The van der Waals surface area contributed by atoms with Crippen LogP contribution in [0.4, 0.5) is 5.69 Å². The van der Waals surface area contributed by atoms with Crippen molar-refractivity contribution in [2.75, 3.05) is 23.7 Å². The van der Waals surface area contributed by atoms with Crippen LogP contribution >= 0.6 is 12.6 Å². The maximum Gasteiger partial charge on any atom is 0.0398 e. The van der Waals surface area contributed by atoms with Crippen molar-refractivity contribution < 1.29 is 0 Å². The Labute approximate surface area is 110 Å². The maximum absolute atomic E-state index is 4.58. The number of hydrogen-bond acceptors (Lipinski definition) is 2. The molecule has 1 aromatic carbocycles. The molecule has 0 spiro atoms. The molecule has 0 radical (unpaired) electrons. The Morgan fingerprint density at radius 2 is 2.00 bits per heavy atom. The topological polar surface area (TPSA) is 3.24 Å². The summed E-state index contributed by atoms with van der Waals surface area (Å²) in [6.45, 7) is 2.44. The van der Waals surface area contributed by atoms with Gasteiger partial charge in [0.1, 0.15) is 0 Å². The summed E-state index contributed by atoms with van der Waals surface area (Å²) in [5, 5.41) is 0. The average molecular weight is 247 g/mol. The van der Waals surface area contributed by atoms with Crippen molar-refractivity contribution in [3.63, 3.8) is 0 Å². The van der Waals surface area contributed by atoms with Gasteiger partial charge in [-0.15, -0.1) is 0 Å². The van der Waals surface area contributed by atoms with E-state index in [4.69, 9.17) is 0 Å². The highest BCUT2D eigenvalue weighted by Crippen LogP contribution is 2.44. The van der Waals surface area contributed by atoms with Gasteiger partial charge in [0.25, 0.3) is 0 Å². The van der Waals surface area contributed by atoms with Gasteiger partial charge < -0.3 is 4.90 Å². The lowest BCUT2D eigenvalue weighted by molar-refractivity contribution is 0.175. The zero-order valence-electron chi connectivity index (χ0n) is 10.4. The van der Waals surface area contributed by atoms with Crippen LogP contribution in [0.2, 0.25) is 0 Å². The van der Waals surface area contributed by atoms with Crippen LogP contribution in [0.1, 0.15) is 31.2 Å². The highest BCUT2D eigenvalue weighted by atomic mass is 32.1. The van der Waals surface area contributed by atoms with E-state index in [1.165, 1.54) is 56.4 Å². The van der Waals surface area contributed by atoms with Crippen molar-refractivity contribution in [3.8, 4) is 0 Å². The first-order valence-corrected chi connectivity index (χ1v) is 7.40. The molecule has 1 fully saturated rings. The van der Waals surface area contributed by atoms with Crippen molar-refractivity contribution >= 4 is 18.3 Å². The molecular weight excluding hydrogens is 226 g/mol. The third kappa shape index (κ3) is 2.08. The normalized spacial score (nSPS) is 21.8. The molecule has 92 valence electrons. The van der Waals surface area contributed by atoms with Crippen molar-refractivity contribution in [1.29, 1.82) is 0 Å². The number of thiol groups is 1. The molecule has 2 heteroatoms. The van der Waals surface area contributed by atoms with E-state index < -0.39 is 0 Å². The standard InChI is InChI=1S/C15H21NS/c17-12-15(8-4-9-15)11-16-10-3-6-13-5-1-2-7-14(13)16/h1-2,5,7,17H,3-4,6,8-12H2. The molecule has 1 nitrogen and oxygen atoms in total. The van der Waals surface area contributed by atoms with E-state index in [0.717, 1.165) is 5.75 Å². The first-order valence-electron chi connectivity index (χ1n) is 6.77. The molecule has 0 unspecified atom stereocenters. The zero-order valence-corrected chi connectivity index (χ0v) is 11.3. The van der Waals surface area contributed by atoms with Gasteiger partial charge in [-0.3, -0.25) is 0 Å². The molecule has 0 amide bonds. The third-order valence-corrected chi connectivity index (χ3v) is 5.15. The first kappa shape index (κ1) is 11.5. The molecule has 0 N–H and O–H groups in total. The van der Waals surface area contributed by atoms with Crippen LogP contribution in [0.25, 0.3) is 0 Å². The Morgan fingerprint density at radius 3 is 2.71 bits per heavy atom. The van der Waals surface area contributed by atoms with Gasteiger partial charge in [0, 0.05) is 18.8 Å². The van der Waals surface area contributed by atoms with Gasteiger partial charge in [-0.2, -0.15) is 12.6 Å². The minimum Gasteiger partial charge on any atom is -0.371 e. The van der Waals surface area contributed by atoms with Crippen LogP contribution in [0.5, 0.6) is 0 Å². The zero-order chi connectivity index (χ0) is 11.7. The SMILES string of the molecule is SCC1(CN2CCCc3ccccc32)CCC1. The Hall–Kier alpha value is -0.630. The molecule has 0 bridgehead atoms. The van der Waals surface area contributed by atoms with Crippen molar-refractivity contribution in [2.45, 2.75) is 32.1 Å². The number of para-hydroxylation sites is 1. The van der Waals surface area contributed by atoms with Crippen LogP contribution in [0.3, 0.4) is 0 Å². The molecule has 1 aromatic rings. The fourth-order valence-electron chi connectivity index (χ4n) is 3.22. The summed E-state index contributed by atoms with van der Waals surface area (Å²) in [4.78, 5) is 2.61. The number of rotatable bonds is 3. The molecule has 1 aliphatic carbocycles. The van der Waals surface area contributed by atoms with Crippen LogP contribution < -0.4 is 4.90 Å². The molecule has 17 heavy (non-hydrogen) atoms. The largest absolute Gasteiger partial charge is 0.371 e. The van der Waals surface area contributed by atoms with Crippen molar-refractivity contribution in [2.24, 2.45) is 5.41 Å². The van der Waals surface area contributed by atoms with Gasteiger partial charge in [-0.05, 0) is 48.5 Å². The van der Waals surface area contributed by atoms with Crippen LogP contribution in [0, 0.1) is 5.41 Å². The van der Waals surface area contributed by atoms with Crippen LogP contribution in [0.15, 0.2) is 24.3 Å². The molecule has 0 atom stereocenters.